The third-order valence-electron chi connectivity index (χ3n) is 3.36. The van der Waals surface area contributed by atoms with E-state index in [0.717, 1.165) is 15.6 Å². The highest BCUT2D eigenvalue weighted by molar-refractivity contribution is 9.10. The molecule has 22 heavy (non-hydrogen) atoms. The highest BCUT2D eigenvalue weighted by atomic mass is 79.9. The summed E-state index contributed by atoms with van der Waals surface area (Å²) >= 11 is 9.34. The van der Waals surface area contributed by atoms with Gasteiger partial charge in [0.1, 0.15) is 0 Å². The van der Waals surface area contributed by atoms with Crippen LogP contribution in [0.2, 0.25) is 5.02 Å². The maximum atomic E-state index is 12.1. The zero-order valence-electron chi connectivity index (χ0n) is 11.6. The summed E-state index contributed by atoms with van der Waals surface area (Å²) in [7, 11) is 0. The summed E-state index contributed by atoms with van der Waals surface area (Å²) in [6.07, 6.45) is 0. The molecule has 112 valence electrons. The number of carbonyl (C=O) groups excluding carboxylic acids is 1. The van der Waals surface area contributed by atoms with Crippen LogP contribution in [0.25, 0.3) is 0 Å². The van der Waals surface area contributed by atoms with Gasteiger partial charge in [0.05, 0.1) is 11.4 Å². The predicted octanol–water partition coefficient (Wildman–Crippen LogP) is 3.60. The van der Waals surface area contributed by atoms with Gasteiger partial charge in [0, 0.05) is 20.6 Å². The van der Waals surface area contributed by atoms with Crippen molar-refractivity contribution in [2.45, 2.75) is 12.6 Å². The molecule has 0 saturated carbocycles. The first kappa shape index (κ1) is 15.2. The molecule has 1 aliphatic rings. The molecule has 1 heterocycles. The Labute approximate surface area is 141 Å². The first-order valence-electron chi connectivity index (χ1n) is 6.56. The number of aliphatic hydroxyl groups is 1. The van der Waals surface area contributed by atoms with Crippen LogP contribution in [0.1, 0.15) is 18.1 Å². The molecule has 2 aromatic carbocycles. The van der Waals surface area contributed by atoms with Crippen molar-refractivity contribution in [3.63, 3.8) is 0 Å². The Kier molecular flexibility index (Phi) is 3.80. The third kappa shape index (κ3) is 2.79. The van der Waals surface area contributed by atoms with Gasteiger partial charge in [-0.1, -0.05) is 39.7 Å². The normalized spacial score (nSPS) is 20.7. The van der Waals surface area contributed by atoms with Gasteiger partial charge in [-0.3, -0.25) is 4.79 Å². The summed E-state index contributed by atoms with van der Waals surface area (Å²) in [5, 5.41) is 13.6. The van der Waals surface area contributed by atoms with Gasteiger partial charge in [-0.25, -0.2) is 4.99 Å². The van der Waals surface area contributed by atoms with Crippen molar-refractivity contribution in [1.29, 1.82) is 0 Å². The van der Waals surface area contributed by atoms with Crippen molar-refractivity contribution in [2.75, 3.05) is 5.32 Å². The van der Waals surface area contributed by atoms with Crippen molar-refractivity contribution in [3.8, 4) is 0 Å². The van der Waals surface area contributed by atoms with E-state index in [1.165, 1.54) is 6.92 Å². The highest BCUT2D eigenvalue weighted by Crippen LogP contribution is 2.29. The smallest absolute Gasteiger partial charge is 0.279 e. The number of fused-ring (bicyclic) bond motifs is 1. The molecule has 6 heteroatoms. The number of nitrogens with one attached hydrogen (secondary N) is 1. The lowest BCUT2D eigenvalue weighted by atomic mass is 10.0. The lowest BCUT2D eigenvalue weighted by molar-refractivity contribution is -0.131. The molecule has 0 bridgehead atoms. The first-order chi connectivity index (χ1) is 10.4. The Bertz CT molecular complexity index is 785. The Hall–Kier alpha value is -1.69. The van der Waals surface area contributed by atoms with Crippen LogP contribution in [0, 0.1) is 0 Å². The molecule has 1 unspecified atom stereocenters. The third-order valence-corrected chi connectivity index (χ3v) is 4.11. The molecule has 2 N–H and O–H groups in total. The number of amides is 1. The fraction of sp³-hybridized carbons (Fsp3) is 0.125. The van der Waals surface area contributed by atoms with E-state index in [9.17, 15) is 9.90 Å². The van der Waals surface area contributed by atoms with Crippen LogP contribution in [0.5, 0.6) is 0 Å². The summed E-state index contributed by atoms with van der Waals surface area (Å²) in [5.74, 6) is -0.569. The van der Waals surface area contributed by atoms with E-state index in [-0.39, 0.29) is 0 Å². The molecule has 1 amide bonds. The quantitative estimate of drug-likeness (QED) is 0.795. The molecule has 0 saturated heterocycles. The van der Waals surface area contributed by atoms with E-state index in [1.54, 1.807) is 30.3 Å². The van der Waals surface area contributed by atoms with Crippen LogP contribution in [0.3, 0.4) is 0 Å². The molecular formula is C16H12BrClN2O2. The Morgan fingerprint density at radius 1 is 1.23 bits per heavy atom. The standard InChI is InChI=1S/C16H12BrClN2O2/c1-16(22)15(21)19-13-7-4-10(17)8-12(13)14(20-16)9-2-5-11(18)6-3-9/h2-8,22H,1H3,(H,19,21). The average Bonchev–Trinajstić information content (AvgIpc) is 2.56. The lowest BCUT2D eigenvalue weighted by Crippen LogP contribution is -2.37. The van der Waals surface area contributed by atoms with Gasteiger partial charge in [0.25, 0.3) is 5.91 Å². The van der Waals surface area contributed by atoms with E-state index in [1.807, 2.05) is 12.1 Å². The minimum Gasteiger partial charge on any atom is -0.362 e. The second-order valence-corrected chi connectivity index (χ2v) is 6.48. The van der Waals surface area contributed by atoms with Gasteiger partial charge < -0.3 is 10.4 Å². The topological polar surface area (TPSA) is 61.7 Å². The average molecular weight is 380 g/mol. The van der Waals surface area contributed by atoms with E-state index in [0.29, 0.717) is 16.4 Å². The van der Waals surface area contributed by atoms with E-state index in [2.05, 4.69) is 26.2 Å². The molecule has 2 aromatic rings. The molecule has 0 fully saturated rings. The largest absolute Gasteiger partial charge is 0.362 e. The number of carbonyl (C=O) groups is 1. The molecular weight excluding hydrogens is 368 g/mol. The van der Waals surface area contributed by atoms with Crippen LogP contribution in [0.4, 0.5) is 5.69 Å². The van der Waals surface area contributed by atoms with Crippen molar-refractivity contribution in [2.24, 2.45) is 4.99 Å². The minimum atomic E-state index is -1.85. The van der Waals surface area contributed by atoms with E-state index in [4.69, 9.17) is 11.6 Å². The van der Waals surface area contributed by atoms with E-state index >= 15 is 0 Å². The number of benzodiazepines with no additional fused rings is 1. The number of halogens is 2. The van der Waals surface area contributed by atoms with Crippen molar-refractivity contribution in [1.82, 2.24) is 0 Å². The Morgan fingerprint density at radius 2 is 1.91 bits per heavy atom. The Morgan fingerprint density at radius 3 is 2.59 bits per heavy atom. The molecule has 4 nitrogen and oxygen atoms in total. The van der Waals surface area contributed by atoms with Gasteiger partial charge in [-0.2, -0.15) is 0 Å². The number of rotatable bonds is 1. The number of anilines is 1. The second kappa shape index (κ2) is 5.50. The van der Waals surface area contributed by atoms with Gasteiger partial charge in [0.2, 0.25) is 5.72 Å². The summed E-state index contributed by atoms with van der Waals surface area (Å²) < 4.78 is 0.851. The zero-order valence-corrected chi connectivity index (χ0v) is 13.9. The number of hydrogen-bond acceptors (Lipinski definition) is 3. The molecule has 1 atom stereocenters. The molecule has 0 radical (unpaired) electrons. The summed E-state index contributed by atoms with van der Waals surface area (Å²) in [6, 6.07) is 12.5. The van der Waals surface area contributed by atoms with Gasteiger partial charge in [0.15, 0.2) is 0 Å². The monoisotopic (exact) mass is 378 g/mol. The van der Waals surface area contributed by atoms with Crippen LogP contribution in [0.15, 0.2) is 51.9 Å². The summed E-state index contributed by atoms with van der Waals surface area (Å²) in [6.45, 7) is 1.36. The maximum Gasteiger partial charge on any atom is 0.279 e. The van der Waals surface area contributed by atoms with Gasteiger partial charge >= 0.3 is 0 Å². The van der Waals surface area contributed by atoms with Crippen molar-refractivity contribution in [3.05, 3.63) is 63.1 Å². The van der Waals surface area contributed by atoms with E-state index < -0.39 is 11.6 Å². The summed E-state index contributed by atoms with van der Waals surface area (Å²) in [4.78, 5) is 16.4. The minimum absolute atomic E-state index is 0.524. The van der Waals surface area contributed by atoms with Crippen LogP contribution >= 0.6 is 27.5 Å². The zero-order chi connectivity index (χ0) is 15.9. The van der Waals surface area contributed by atoms with Crippen LogP contribution in [-0.2, 0) is 4.79 Å². The van der Waals surface area contributed by atoms with Crippen molar-refractivity contribution < 1.29 is 9.90 Å². The Balaban J connectivity index is 2.26. The fourth-order valence-electron chi connectivity index (χ4n) is 2.22. The number of nitrogens with zero attached hydrogens (tertiary/aromatic N) is 1. The summed E-state index contributed by atoms with van der Waals surface area (Å²) in [5.41, 5.74) is 0.764. The molecule has 0 aromatic heterocycles. The van der Waals surface area contributed by atoms with Crippen LogP contribution < -0.4 is 5.32 Å². The van der Waals surface area contributed by atoms with Gasteiger partial charge in [-0.15, -0.1) is 0 Å². The molecule has 1 aliphatic heterocycles. The number of hydrogen-bond donors (Lipinski definition) is 2. The highest BCUT2D eigenvalue weighted by Gasteiger charge is 2.34. The predicted molar refractivity (Wildman–Crippen MR) is 90.5 cm³/mol. The first-order valence-corrected chi connectivity index (χ1v) is 7.73. The lowest BCUT2D eigenvalue weighted by Gasteiger charge is -2.15. The number of benzene rings is 2. The van der Waals surface area contributed by atoms with Crippen molar-refractivity contribution >= 4 is 44.8 Å². The molecule has 0 spiro atoms. The number of aliphatic imine (C=N–C) groups is 1. The molecule has 0 aliphatic carbocycles. The fourth-order valence-corrected chi connectivity index (χ4v) is 2.71. The van der Waals surface area contributed by atoms with Gasteiger partial charge in [-0.05, 0) is 37.3 Å². The molecule has 3 rings (SSSR count). The second-order valence-electron chi connectivity index (χ2n) is 5.13. The SMILES string of the molecule is CC1(O)N=C(c2ccc(Cl)cc2)c2cc(Br)ccc2NC1=O. The maximum absolute atomic E-state index is 12.1. The van der Waals surface area contributed by atoms with Crippen LogP contribution in [-0.4, -0.2) is 22.5 Å².